The molecule has 0 radical (unpaired) electrons. The van der Waals surface area contributed by atoms with Gasteiger partial charge in [0.1, 0.15) is 0 Å². The van der Waals surface area contributed by atoms with E-state index in [2.05, 4.69) is 10.6 Å². The normalized spacial score (nSPS) is 11.0. The van der Waals surface area contributed by atoms with Crippen molar-refractivity contribution in [2.45, 2.75) is 6.18 Å². The summed E-state index contributed by atoms with van der Waals surface area (Å²) in [6.07, 6.45) is -4.52. The molecular formula is C21H15F3N2OS. The van der Waals surface area contributed by atoms with Crippen LogP contribution in [0.5, 0.6) is 0 Å². The Morgan fingerprint density at radius 2 is 1.50 bits per heavy atom. The maximum Gasteiger partial charge on any atom is 0.416 e. The lowest BCUT2D eigenvalue weighted by Crippen LogP contribution is -2.34. The van der Waals surface area contributed by atoms with Crippen molar-refractivity contribution in [2.24, 2.45) is 0 Å². The summed E-state index contributed by atoms with van der Waals surface area (Å²) >= 11 is 5.11. The van der Waals surface area contributed by atoms with E-state index < -0.39 is 17.6 Å². The summed E-state index contributed by atoms with van der Waals surface area (Å²) in [5, 5.41) is 5.26. The number of nitrogens with one attached hydrogen (secondary N) is 2. The van der Waals surface area contributed by atoms with Gasteiger partial charge in [-0.25, -0.2) is 0 Å². The molecule has 3 aromatic carbocycles. The highest BCUT2D eigenvalue weighted by Gasteiger charge is 2.30. The number of halogens is 3. The molecule has 0 aromatic heterocycles. The zero-order valence-corrected chi connectivity index (χ0v) is 15.3. The highest BCUT2D eigenvalue weighted by atomic mass is 32.1. The van der Waals surface area contributed by atoms with Crippen LogP contribution in [0.2, 0.25) is 0 Å². The average Bonchev–Trinajstić information content (AvgIpc) is 2.68. The summed E-state index contributed by atoms with van der Waals surface area (Å²) in [5.41, 5.74) is 1.60. The van der Waals surface area contributed by atoms with Crippen molar-refractivity contribution >= 4 is 28.9 Å². The summed E-state index contributed by atoms with van der Waals surface area (Å²) in [6.45, 7) is 0. The Bertz CT molecular complexity index is 1000. The fraction of sp³-hybridized carbons (Fsp3) is 0.0476. The first-order chi connectivity index (χ1) is 13.3. The molecule has 3 aromatic rings. The molecule has 3 nitrogen and oxygen atoms in total. The number of alkyl halides is 3. The van der Waals surface area contributed by atoms with Gasteiger partial charge in [0.05, 0.1) is 5.56 Å². The van der Waals surface area contributed by atoms with Crippen LogP contribution in [-0.2, 0) is 6.18 Å². The lowest BCUT2D eigenvalue weighted by Gasteiger charge is -2.12. The standard InChI is InChI=1S/C21H15F3N2OS/c22-21(23,24)17-10-4-9-16(12-17)19(27)26-20(28)25-18-11-5-8-15(13-18)14-6-2-1-3-7-14/h1-13H,(H2,25,26,27,28). The lowest BCUT2D eigenvalue weighted by molar-refractivity contribution is -0.137. The fourth-order valence-corrected chi connectivity index (χ4v) is 2.79. The molecule has 0 heterocycles. The number of carbonyl (C=O) groups is 1. The Labute approximate surface area is 165 Å². The van der Waals surface area contributed by atoms with E-state index in [1.165, 1.54) is 12.1 Å². The zero-order chi connectivity index (χ0) is 20.1. The predicted octanol–water partition coefficient (Wildman–Crippen LogP) is 5.50. The van der Waals surface area contributed by atoms with E-state index >= 15 is 0 Å². The second kappa shape index (κ2) is 8.22. The van der Waals surface area contributed by atoms with Crippen molar-refractivity contribution in [3.05, 3.63) is 90.0 Å². The number of rotatable bonds is 3. The van der Waals surface area contributed by atoms with Crippen molar-refractivity contribution in [2.75, 3.05) is 5.32 Å². The van der Waals surface area contributed by atoms with E-state index in [-0.39, 0.29) is 10.7 Å². The molecule has 7 heteroatoms. The van der Waals surface area contributed by atoms with Gasteiger partial charge in [-0.3, -0.25) is 10.1 Å². The third kappa shape index (κ3) is 4.95. The molecule has 0 aliphatic rings. The molecule has 0 unspecified atom stereocenters. The summed E-state index contributed by atoms with van der Waals surface area (Å²) in [4.78, 5) is 12.2. The summed E-state index contributed by atoms with van der Waals surface area (Å²) in [6, 6.07) is 21.3. The molecule has 0 spiro atoms. The second-order valence-corrected chi connectivity index (χ2v) is 6.34. The van der Waals surface area contributed by atoms with E-state index in [4.69, 9.17) is 12.2 Å². The van der Waals surface area contributed by atoms with Gasteiger partial charge in [-0.1, -0.05) is 48.5 Å². The smallest absolute Gasteiger partial charge is 0.332 e. The molecule has 0 fully saturated rings. The number of anilines is 1. The Balaban J connectivity index is 1.69. The summed E-state index contributed by atoms with van der Waals surface area (Å²) in [5.74, 6) is -0.720. The molecule has 0 saturated heterocycles. The Hall–Kier alpha value is -3.19. The minimum Gasteiger partial charge on any atom is -0.332 e. The molecule has 0 saturated carbocycles. The van der Waals surface area contributed by atoms with Gasteiger partial charge < -0.3 is 5.32 Å². The molecular weight excluding hydrogens is 385 g/mol. The third-order valence-corrected chi connectivity index (χ3v) is 4.11. The van der Waals surface area contributed by atoms with Crippen LogP contribution in [0.3, 0.4) is 0 Å². The average molecular weight is 400 g/mol. The maximum atomic E-state index is 12.8. The molecule has 0 aliphatic heterocycles. The fourth-order valence-electron chi connectivity index (χ4n) is 2.58. The van der Waals surface area contributed by atoms with Crippen molar-refractivity contribution in [1.82, 2.24) is 5.32 Å². The minimum absolute atomic E-state index is 0.00683. The molecule has 142 valence electrons. The van der Waals surface area contributed by atoms with Crippen LogP contribution in [0.15, 0.2) is 78.9 Å². The van der Waals surface area contributed by atoms with Crippen LogP contribution >= 0.6 is 12.2 Å². The van der Waals surface area contributed by atoms with E-state index in [0.717, 1.165) is 23.3 Å². The molecule has 0 atom stereocenters. The molecule has 3 rings (SSSR count). The maximum absolute atomic E-state index is 12.8. The number of benzene rings is 3. The largest absolute Gasteiger partial charge is 0.416 e. The number of carbonyl (C=O) groups excluding carboxylic acids is 1. The number of thiocarbonyl (C=S) groups is 1. The van der Waals surface area contributed by atoms with Gasteiger partial charge in [-0.2, -0.15) is 13.2 Å². The van der Waals surface area contributed by atoms with Crippen LogP contribution in [0.1, 0.15) is 15.9 Å². The van der Waals surface area contributed by atoms with E-state index in [1.807, 2.05) is 48.5 Å². The molecule has 2 N–H and O–H groups in total. The van der Waals surface area contributed by atoms with Crippen molar-refractivity contribution in [3.8, 4) is 11.1 Å². The first-order valence-electron chi connectivity index (χ1n) is 8.28. The van der Waals surface area contributed by atoms with E-state index in [1.54, 1.807) is 6.07 Å². The van der Waals surface area contributed by atoms with Crippen LogP contribution in [-0.4, -0.2) is 11.0 Å². The lowest BCUT2D eigenvalue weighted by atomic mass is 10.1. The van der Waals surface area contributed by atoms with Crippen molar-refractivity contribution in [3.63, 3.8) is 0 Å². The van der Waals surface area contributed by atoms with Gasteiger partial charge in [0.25, 0.3) is 5.91 Å². The van der Waals surface area contributed by atoms with Crippen molar-refractivity contribution < 1.29 is 18.0 Å². The topological polar surface area (TPSA) is 41.1 Å². The van der Waals surface area contributed by atoms with Crippen molar-refractivity contribution in [1.29, 1.82) is 0 Å². The van der Waals surface area contributed by atoms with Crippen LogP contribution in [0, 0.1) is 0 Å². The zero-order valence-electron chi connectivity index (χ0n) is 14.5. The first kappa shape index (κ1) is 19.6. The van der Waals surface area contributed by atoms with E-state index in [0.29, 0.717) is 5.69 Å². The van der Waals surface area contributed by atoms with Crippen LogP contribution in [0.25, 0.3) is 11.1 Å². The minimum atomic E-state index is -4.52. The van der Waals surface area contributed by atoms with Crippen LogP contribution in [0.4, 0.5) is 18.9 Å². The first-order valence-corrected chi connectivity index (χ1v) is 8.69. The molecule has 0 bridgehead atoms. The number of amides is 1. The molecule has 1 amide bonds. The quantitative estimate of drug-likeness (QED) is 0.571. The monoisotopic (exact) mass is 400 g/mol. The Morgan fingerprint density at radius 3 is 2.21 bits per heavy atom. The van der Waals surface area contributed by atoms with Gasteiger partial charge in [-0.15, -0.1) is 0 Å². The summed E-state index contributed by atoms with van der Waals surface area (Å²) < 4.78 is 38.4. The molecule has 28 heavy (non-hydrogen) atoms. The third-order valence-electron chi connectivity index (χ3n) is 3.91. The number of hydrogen-bond acceptors (Lipinski definition) is 2. The van der Waals surface area contributed by atoms with Crippen LogP contribution < -0.4 is 10.6 Å². The Morgan fingerprint density at radius 1 is 0.821 bits per heavy atom. The van der Waals surface area contributed by atoms with Gasteiger partial charge in [0, 0.05) is 11.3 Å². The van der Waals surface area contributed by atoms with Gasteiger partial charge in [0.15, 0.2) is 5.11 Å². The highest BCUT2D eigenvalue weighted by molar-refractivity contribution is 7.80. The molecule has 0 aliphatic carbocycles. The summed E-state index contributed by atoms with van der Waals surface area (Å²) in [7, 11) is 0. The van der Waals surface area contributed by atoms with Gasteiger partial charge in [-0.05, 0) is 53.7 Å². The Kier molecular flexibility index (Phi) is 5.75. The second-order valence-electron chi connectivity index (χ2n) is 5.93. The van der Waals surface area contributed by atoms with Gasteiger partial charge in [0.2, 0.25) is 0 Å². The van der Waals surface area contributed by atoms with Gasteiger partial charge >= 0.3 is 6.18 Å². The SMILES string of the molecule is O=C(NC(=S)Nc1cccc(-c2ccccc2)c1)c1cccc(C(F)(F)F)c1. The highest BCUT2D eigenvalue weighted by Crippen LogP contribution is 2.29. The number of hydrogen-bond donors (Lipinski definition) is 2. The van der Waals surface area contributed by atoms with E-state index in [9.17, 15) is 18.0 Å². The predicted molar refractivity (Wildman–Crippen MR) is 107 cm³/mol.